The second kappa shape index (κ2) is 8.35. The minimum atomic E-state index is -3.52. The summed E-state index contributed by atoms with van der Waals surface area (Å²) in [5.74, 6) is 0.650. The van der Waals surface area contributed by atoms with E-state index in [0.29, 0.717) is 11.8 Å². The first-order valence-corrected chi connectivity index (χ1v) is 11.0. The fourth-order valence-electron chi connectivity index (χ4n) is 3.24. The lowest BCUT2D eigenvalue weighted by Gasteiger charge is -2.27. The van der Waals surface area contributed by atoms with Gasteiger partial charge in [0.25, 0.3) is 0 Å². The van der Waals surface area contributed by atoms with Crippen molar-refractivity contribution in [1.82, 2.24) is 5.32 Å². The van der Waals surface area contributed by atoms with E-state index in [1.807, 2.05) is 24.3 Å². The smallest absolute Gasteiger partial charge is 0.238 e. The van der Waals surface area contributed by atoms with Gasteiger partial charge in [0.15, 0.2) is 9.84 Å². The molecule has 1 saturated carbocycles. The van der Waals surface area contributed by atoms with Gasteiger partial charge in [-0.05, 0) is 55.6 Å². The summed E-state index contributed by atoms with van der Waals surface area (Å²) in [6.07, 6.45) is 4.06. The Bertz CT molecular complexity index is 671. The van der Waals surface area contributed by atoms with Crippen molar-refractivity contribution in [2.24, 2.45) is 5.92 Å². The summed E-state index contributed by atoms with van der Waals surface area (Å²) >= 11 is 0. The number of benzene rings is 1. The topological polar surface area (TPSA) is 63.2 Å². The highest BCUT2D eigenvalue weighted by molar-refractivity contribution is 7.92. The van der Waals surface area contributed by atoms with Crippen LogP contribution in [0.3, 0.4) is 0 Å². The molecule has 1 amide bonds. The van der Waals surface area contributed by atoms with Crippen molar-refractivity contribution in [3.63, 3.8) is 0 Å². The zero-order chi connectivity index (χ0) is 18.6. The predicted molar refractivity (Wildman–Crippen MR) is 102 cm³/mol. The summed E-state index contributed by atoms with van der Waals surface area (Å²) < 4.78 is 25.2. The van der Waals surface area contributed by atoms with E-state index in [4.69, 9.17) is 0 Å². The van der Waals surface area contributed by atoms with Crippen LogP contribution in [0.5, 0.6) is 0 Å². The second-order valence-corrected chi connectivity index (χ2v) is 10.1. The molecule has 2 rings (SSSR count). The van der Waals surface area contributed by atoms with E-state index in [9.17, 15) is 13.2 Å². The molecule has 1 atom stereocenters. The van der Waals surface area contributed by atoms with Crippen LogP contribution < -0.4 is 5.32 Å². The molecule has 0 heterocycles. The van der Waals surface area contributed by atoms with Crippen molar-refractivity contribution in [3.05, 3.63) is 35.4 Å². The number of hydrogen-bond donors (Lipinski definition) is 1. The molecule has 0 bridgehead atoms. The molecule has 140 valence electrons. The van der Waals surface area contributed by atoms with Gasteiger partial charge < -0.3 is 5.32 Å². The Morgan fingerprint density at radius 3 is 2.16 bits per heavy atom. The number of amides is 1. The average Bonchev–Trinajstić information content (AvgIpc) is 2.56. The molecule has 0 saturated heterocycles. The molecule has 1 N–H and O–H groups in total. The van der Waals surface area contributed by atoms with Gasteiger partial charge in [0.2, 0.25) is 5.91 Å². The molecule has 0 aromatic heterocycles. The molecule has 0 spiro atoms. The van der Waals surface area contributed by atoms with Gasteiger partial charge in [-0.1, -0.05) is 45.0 Å². The maximum absolute atomic E-state index is 12.6. The Morgan fingerprint density at radius 1 is 1.08 bits per heavy atom. The van der Waals surface area contributed by atoms with Crippen molar-refractivity contribution in [2.45, 2.75) is 76.3 Å². The van der Waals surface area contributed by atoms with E-state index in [0.717, 1.165) is 31.2 Å². The van der Waals surface area contributed by atoms with Crippen molar-refractivity contribution >= 4 is 15.7 Å². The second-order valence-electron chi connectivity index (χ2n) is 7.81. The minimum absolute atomic E-state index is 0.0956. The van der Waals surface area contributed by atoms with Crippen LogP contribution in [0.4, 0.5) is 0 Å². The van der Waals surface area contributed by atoms with Gasteiger partial charge in [-0.25, -0.2) is 8.42 Å². The number of carbonyl (C=O) groups excluding carboxylic acids is 1. The van der Waals surface area contributed by atoms with Crippen LogP contribution in [-0.2, 0) is 20.4 Å². The van der Waals surface area contributed by atoms with Crippen molar-refractivity contribution in [1.29, 1.82) is 0 Å². The van der Waals surface area contributed by atoms with Gasteiger partial charge in [-0.15, -0.1) is 0 Å². The Labute approximate surface area is 152 Å². The van der Waals surface area contributed by atoms with Crippen LogP contribution in [0.25, 0.3) is 0 Å². The summed E-state index contributed by atoms with van der Waals surface area (Å²) in [6.45, 7) is 7.92. The highest BCUT2D eigenvalue weighted by atomic mass is 32.2. The van der Waals surface area contributed by atoms with Crippen molar-refractivity contribution in [2.75, 3.05) is 0 Å². The number of rotatable bonds is 6. The van der Waals surface area contributed by atoms with E-state index >= 15 is 0 Å². The normalized spacial score (nSPS) is 22.6. The lowest BCUT2D eigenvalue weighted by molar-refractivity contribution is -0.121. The van der Waals surface area contributed by atoms with Crippen molar-refractivity contribution in [3.8, 4) is 0 Å². The number of carbonyl (C=O) groups is 1. The minimum Gasteiger partial charge on any atom is -0.352 e. The lowest BCUT2D eigenvalue weighted by Crippen LogP contribution is -2.44. The highest BCUT2D eigenvalue weighted by Gasteiger charge is 2.30. The average molecular weight is 366 g/mol. The molecule has 0 radical (unpaired) electrons. The Balaban J connectivity index is 1.96. The summed E-state index contributed by atoms with van der Waals surface area (Å²) in [5.41, 5.74) is 1.91. The van der Waals surface area contributed by atoms with Gasteiger partial charge in [0.1, 0.15) is 5.25 Å². The molecule has 0 aliphatic heterocycles. The van der Waals surface area contributed by atoms with Gasteiger partial charge in [-0.3, -0.25) is 4.79 Å². The molecule has 1 aromatic rings. The van der Waals surface area contributed by atoms with Crippen LogP contribution in [0.1, 0.15) is 70.4 Å². The molecule has 4 nitrogen and oxygen atoms in total. The first kappa shape index (κ1) is 20.0. The van der Waals surface area contributed by atoms with Gasteiger partial charge >= 0.3 is 0 Å². The number of sulfone groups is 1. The third kappa shape index (κ3) is 5.56. The van der Waals surface area contributed by atoms with Gasteiger partial charge in [0, 0.05) is 6.04 Å². The van der Waals surface area contributed by atoms with Crippen LogP contribution in [0, 0.1) is 5.92 Å². The molecule has 1 aliphatic carbocycles. The van der Waals surface area contributed by atoms with E-state index in [2.05, 4.69) is 26.1 Å². The van der Waals surface area contributed by atoms with E-state index in [-0.39, 0.29) is 17.7 Å². The van der Waals surface area contributed by atoms with Gasteiger partial charge in [-0.2, -0.15) is 0 Å². The van der Waals surface area contributed by atoms with Gasteiger partial charge in [0.05, 0.1) is 5.75 Å². The summed E-state index contributed by atoms with van der Waals surface area (Å²) in [7, 11) is -3.52. The molecular formula is C20H31NO3S. The largest absolute Gasteiger partial charge is 0.352 e. The van der Waals surface area contributed by atoms with Crippen LogP contribution in [0.2, 0.25) is 0 Å². The standard InChI is InChI=1S/C20H31NO3S/c1-14(2)18-9-7-17(8-10-18)13-25(23,24)16(4)20(22)21-19-11-5-15(3)6-12-19/h7-10,14-16,19H,5-6,11-13H2,1-4H3,(H,21,22). The first-order valence-electron chi connectivity index (χ1n) is 9.30. The monoisotopic (exact) mass is 365 g/mol. The fourth-order valence-corrected chi connectivity index (χ4v) is 4.54. The van der Waals surface area contributed by atoms with E-state index < -0.39 is 15.1 Å². The van der Waals surface area contributed by atoms with Crippen LogP contribution >= 0.6 is 0 Å². The lowest BCUT2D eigenvalue weighted by atomic mass is 9.87. The maximum atomic E-state index is 12.6. The molecular weight excluding hydrogens is 334 g/mol. The molecule has 1 aromatic carbocycles. The first-order chi connectivity index (χ1) is 11.7. The third-order valence-electron chi connectivity index (χ3n) is 5.28. The quantitative estimate of drug-likeness (QED) is 0.834. The zero-order valence-corrected chi connectivity index (χ0v) is 16.6. The Morgan fingerprint density at radius 2 is 1.64 bits per heavy atom. The van der Waals surface area contributed by atoms with Crippen LogP contribution in [-0.4, -0.2) is 25.6 Å². The highest BCUT2D eigenvalue weighted by Crippen LogP contribution is 2.24. The molecule has 25 heavy (non-hydrogen) atoms. The fraction of sp³-hybridized carbons (Fsp3) is 0.650. The summed E-state index contributed by atoms with van der Waals surface area (Å²) in [5, 5.41) is 1.92. The molecule has 1 aliphatic rings. The predicted octanol–water partition coefficient (Wildman–Crippen LogP) is 3.81. The van der Waals surface area contributed by atoms with Crippen LogP contribution in [0.15, 0.2) is 24.3 Å². The van der Waals surface area contributed by atoms with E-state index in [1.165, 1.54) is 12.5 Å². The van der Waals surface area contributed by atoms with Crippen molar-refractivity contribution < 1.29 is 13.2 Å². The Kier molecular flexibility index (Phi) is 6.66. The number of nitrogens with one attached hydrogen (secondary N) is 1. The van der Waals surface area contributed by atoms with E-state index in [1.54, 1.807) is 0 Å². The molecule has 5 heteroatoms. The molecule has 1 fully saturated rings. The number of hydrogen-bond acceptors (Lipinski definition) is 3. The maximum Gasteiger partial charge on any atom is 0.238 e. The summed E-state index contributed by atoms with van der Waals surface area (Å²) in [4.78, 5) is 12.4. The third-order valence-corrected chi connectivity index (χ3v) is 7.31. The summed E-state index contributed by atoms with van der Waals surface area (Å²) in [6, 6.07) is 7.74. The zero-order valence-electron chi connectivity index (χ0n) is 15.8. The molecule has 1 unspecified atom stereocenters. The Hall–Kier alpha value is -1.36. The SMILES string of the molecule is CC1CCC(NC(=O)C(C)S(=O)(=O)Cc2ccc(C(C)C)cc2)CC1.